The zero-order valence-electron chi connectivity index (χ0n) is 14.0. The first-order valence-electron chi connectivity index (χ1n) is 9.36. The highest BCUT2D eigenvalue weighted by molar-refractivity contribution is 9.09. The van der Waals surface area contributed by atoms with Gasteiger partial charge in [-0.25, -0.2) is 0 Å². The summed E-state index contributed by atoms with van der Waals surface area (Å²) in [6, 6.07) is 0. The van der Waals surface area contributed by atoms with Gasteiger partial charge in [0.05, 0.1) is 12.2 Å². The van der Waals surface area contributed by atoms with E-state index in [0.29, 0.717) is 16.2 Å². The first-order valence-corrected chi connectivity index (χ1v) is 10.3. The van der Waals surface area contributed by atoms with Crippen molar-refractivity contribution in [3.63, 3.8) is 0 Å². The molecule has 3 heteroatoms. The topological polar surface area (TPSA) is 40.5 Å². The Bertz CT molecular complexity index is 455. The largest absolute Gasteiger partial charge is 0.393 e. The molecule has 0 unspecified atom stereocenters. The van der Waals surface area contributed by atoms with E-state index in [1.165, 1.54) is 32.1 Å². The lowest BCUT2D eigenvalue weighted by atomic mass is 9.45. The van der Waals surface area contributed by atoms with Gasteiger partial charge in [-0.15, -0.1) is 0 Å². The van der Waals surface area contributed by atoms with Gasteiger partial charge in [-0.2, -0.15) is 0 Å². The lowest BCUT2D eigenvalue weighted by Gasteiger charge is -2.60. The zero-order valence-corrected chi connectivity index (χ0v) is 15.6. The van der Waals surface area contributed by atoms with Crippen molar-refractivity contribution in [1.29, 1.82) is 0 Å². The number of aliphatic hydroxyl groups excluding tert-OH is 2. The van der Waals surface area contributed by atoms with Crippen LogP contribution in [0, 0.1) is 34.5 Å². The van der Waals surface area contributed by atoms with Crippen LogP contribution in [0.3, 0.4) is 0 Å². The number of alkyl halides is 1. The van der Waals surface area contributed by atoms with Crippen molar-refractivity contribution in [2.75, 3.05) is 0 Å². The Kier molecular flexibility index (Phi) is 3.76. The zero-order chi connectivity index (χ0) is 15.7. The summed E-state index contributed by atoms with van der Waals surface area (Å²) in [6.07, 6.45) is 9.28. The monoisotopic (exact) mass is 370 g/mol. The van der Waals surface area contributed by atoms with Gasteiger partial charge in [-0.1, -0.05) is 29.8 Å². The van der Waals surface area contributed by atoms with Crippen LogP contribution in [0.15, 0.2) is 0 Å². The summed E-state index contributed by atoms with van der Waals surface area (Å²) in [7, 11) is 0. The summed E-state index contributed by atoms with van der Waals surface area (Å²) in [5, 5.41) is 20.8. The maximum absolute atomic E-state index is 10.7. The second-order valence-corrected chi connectivity index (χ2v) is 10.5. The molecule has 4 saturated carbocycles. The van der Waals surface area contributed by atoms with Crippen molar-refractivity contribution >= 4 is 15.9 Å². The highest BCUT2D eigenvalue weighted by atomic mass is 79.9. The first kappa shape index (κ1) is 15.9. The summed E-state index contributed by atoms with van der Waals surface area (Å²) in [6.45, 7) is 4.87. The molecule has 9 atom stereocenters. The highest BCUT2D eigenvalue weighted by Gasteiger charge is 2.61. The number of fused-ring (bicyclic) bond motifs is 5. The summed E-state index contributed by atoms with van der Waals surface area (Å²) < 4.78 is 0. The van der Waals surface area contributed by atoms with Crippen LogP contribution >= 0.6 is 15.9 Å². The number of hydrogen-bond acceptors (Lipinski definition) is 2. The van der Waals surface area contributed by atoms with Crippen LogP contribution in [0.5, 0.6) is 0 Å². The van der Waals surface area contributed by atoms with Gasteiger partial charge in [0, 0.05) is 4.83 Å². The third kappa shape index (κ3) is 2.04. The van der Waals surface area contributed by atoms with Crippen molar-refractivity contribution in [3.05, 3.63) is 0 Å². The van der Waals surface area contributed by atoms with Crippen molar-refractivity contribution in [2.24, 2.45) is 34.5 Å². The predicted octanol–water partition coefficient (Wildman–Crippen LogP) is 4.12. The fraction of sp³-hybridized carbons (Fsp3) is 1.00. The molecule has 0 spiro atoms. The average Bonchev–Trinajstić information content (AvgIpc) is 2.72. The van der Waals surface area contributed by atoms with Gasteiger partial charge >= 0.3 is 0 Å². The van der Waals surface area contributed by atoms with E-state index in [0.717, 1.165) is 37.0 Å². The van der Waals surface area contributed by atoms with Crippen molar-refractivity contribution in [1.82, 2.24) is 0 Å². The molecule has 126 valence electrons. The van der Waals surface area contributed by atoms with Crippen LogP contribution in [-0.2, 0) is 0 Å². The molecule has 0 aromatic rings. The second-order valence-electron chi connectivity index (χ2n) is 9.33. The number of aliphatic hydroxyl groups is 2. The van der Waals surface area contributed by atoms with E-state index < -0.39 is 0 Å². The molecule has 0 bridgehead atoms. The Hall–Kier alpha value is 0.400. The lowest BCUT2D eigenvalue weighted by Crippen LogP contribution is -2.54. The first-order chi connectivity index (χ1) is 10.4. The molecule has 22 heavy (non-hydrogen) atoms. The SMILES string of the molecule is C[C@]12CC[C@@H](O)C[C@@H]1CC[C@@H]1[C@@H]2CC[C@]2(C)[C@@H](O)[C@@H](Br)C[C@@H]12. The minimum absolute atomic E-state index is 0.0521. The Morgan fingerprint density at radius 3 is 2.36 bits per heavy atom. The Balaban J connectivity index is 1.63. The molecule has 4 rings (SSSR count). The Morgan fingerprint density at radius 1 is 0.864 bits per heavy atom. The molecule has 0 aliphatic heterocycles. The maximum atomic E-state index is 10.7. The van der Waals surface area contributed by atoms with Gasteiger partial charge in [-0.3, -0.25) is 0 Å². The molecular weight excluding hydrogens is 340 g/mol. The van der Waals surface area contributed by atoms with Gasteiger partial charge in [0.1, 0.15) is 0 Å². The van der Waals surface area contributed by atoms with Crippen molar-refractivity contribution < 1.29 is 10.2 Å². The van der Waals surface area contributed by atoms with Gasteiger partial charge < -0.3 is 10.2 Å². The summed E-state index contributed by atoms with van der Waals surface area (Å²) in [5.74, 6) is 3.04. The average molecular weight is 371 g/mol. The van der Waals surface area contributed by atoms with Gasteiger partial charge in [-0.05, 0) is 85.9 Å². The fourth-order valence-corrected chi connectivity index (χ4v) is 8.19. The summed E-state index contributed by atoms with van der Waals surface area (Å²) >= 11 is 3.75. The van der Waals surface area contributed by atoms with Crippen molar-refractivity contribution in [2.45, 2.75) is 82.2 Å². The van der Waals surface area contributed by atoms with E-state index in [1.54, 1.807) is 0 Å². The van der Waals surface area contributed by atoms with E-state index in [9.17, 15) is 10.2 Å². The minimum atomic E-state index is -0.169. The molecule has 4 aliphatic carbocycles. The fourth-order valence-electron chi connectivity index (χ4n) is 7.18. The van der Waals surface area contributed by atoms with E-state index in [2.05, 4.69) is 29.8 Å². The van der Waals surface area contributed by atoms with Crippen LogP contribution in [-0.4, -0.2) is 27.2 Å². The molecule has 2 nitrogen and oxygen atoms in total. The minimum Gasteiger partial charge on any atom is -0.393 e. The van der Waals surface area contributed by atoms with Crippen LogP contribution in [0.4, 0.5) is 0 Å². The molecule has 4 aliphatic rings. The smallest absolute Gasteiger partial charge is 0.0721 e. The molecular formula is C19H31BrO2. The molecule has 0 heterocycles. The quantitative estimate of drug-likeness (QED) is 0.629. The molecule has 0 radical (unpaired) electrons. The standard InChI is InChI=1S/C19H31BrO2/c1-18-7-5-12(21)9-11(18)3-4-13-14(18)6-8-19(2)15(13)10-16(20)17(19)22/h11-17,21-22H,3-10H2,1-2H3/t11-,12+,13+,14-,15-,16-,17-,18-,19-/m0/s1. The number of rotatable bonds is 0. The summed E-state index contributed by atoms with van der Waals surface area (Å²) in [4.78, 5) is 0.292. The Morgan fingerprint density at radius 2 is 1.59 bits per heavy atom. The number of hydrogen-bond donors (Lipinski definition) is 2. The van der Waals surface area contributed by atoms with Gasteiger partial charge in [0.25, 0.3) is 0 Å². The maximum Gasteiger partial charge on any atom is 0.0721 e. The summed E-state index contributed by atoms with van der Waals surface area (Å²) in [5.41, 5.74) is 0.575. The van der Waals surface area contributed by atoms with Crippen LogP contribution in [0.25, 0.3) is 0 Å². The normalized spacial score (nSPS) is 61.2. The second kappa shape index (κ2) is 5.20. The van der Waals surface area contributed by atoms with Crippen LogP contribution in [0.2, 0.25) is 0 Å². The molecule has 0 amide bonds. The van der Waals surface area contributed by atoms with E-state index in [-0.39, 0.29) is 17.6 Å². The van der Waals surface area contributed by atoms with E-state index in [4.69, 9.17) is 0 Å². The third-order valence-corrected chi connectivity index (χ3v) is 9.45. The van der Waals surface area contributed by atoms with Gasteiger partial charge in [0.15, 0.2) is 0 Å². The third-order valence-electron chi connectivity index (χ3n) is 8.57. The van der Waals surface area contributed by atoms with Crippen LogP contribution < -0.4 is 0 Å². The number of halogens is 1. The lowest BCUT2D eigenvalue weighted by molar-refractivity contribution is -0.133. The Labute approximate surface area is 143 Å². The van der Waals surface area contributed by atoms with Crippen LogP contribution in [0.1, 0.15) is 65.2 Å². The molecule has 2 N–H and O–H groups in total. The predicted molar refractivity (Wildman–Crippen MR) is 91.8 cm³/mol. The molecule has 0 saturated heterocycles. The highest BCUT2D eigenvalue weighted by Crippen LogP contribution is 2.66. The van der Waals surface area contributed by atoms with Crippen molar-refractivity contribution in [3.8, 4) is 0 Å². The van der Waals surface area contributed by atoms with E-state index in [1.807, 2.05) is 0 Å². The van der Waals surface area contributed by atoms with Gasteiger partial charge in [0.2, 0.25) is 0 Å². The molecule has 0 aromatic heterocycles. The molecule has 4 fully saturated rings. The van der Waals surface area contributed by atoms with E-state index >= 15 is 0 Å². The molecule has 0 aromatic carbocycles.